The van der Waals surface area contributed by atoms with Gasteiger partial charge in [0.2, 0.25) is 0 Å². The van der Waals surface area contributed by atoms with E-state index in [4.69, 9.17) is 0 Å². The third-order valence-electron chi connectivity index (χ3n) is 6.09. The maximum atomic E-state index is 13.3. The smallest absolute Gasteiger partial charge is 0.150 e. The molecule has 0 spiro atoms. The molecular formula is C21H30N4O. The summed E-state index contributed by atoms with van der Waals surface area (Å²) >= 11 is 0. The SMILES string of the molecule is CCn1c(C(C)C(=O)C(C)c2cnc(C3CC3)n2CC)cnc1C1CC1. The van der Waals surface area contributed by atoms with E-state index in [1.165, 1.54) is 37.3 Å². The van der Waals surface area contributed by atoms with Crippen molar-refractivity contribution < 1.29 is 4.79 Å². The summed E-state index contributed by atoms with van der Waals surface area (Å²) in [6, 6.07) is 0. The van der Waals surface area contributed by atoms with Gasteiger partial charge in [-0.1, -0.05) is 0 Å². The van der Waals surface area contributed by atoms with E-state index in [1.807, 2.05) is 26.2 Å². The number of nitrogens with zero attached hydrogens (tertiary/aromatic N) is 4. The molecule has 0 N–H and O–H groups in total. The first-order valence-corrected chi connectivity index (χ1v) is 10.2. The summed E-state index contributed by atoms with van der Waals surface area (Å²) in [6.07, 6.45) is 8.78. The van der Waals surface area contributed by atoms with Gasteiger partial charge in [-0.25, -0.2) is 9.97 Å². The largest absolute Gasteiger partial charge is 0.331 e. The third-order valence-corrected chi connectivity index (χ3v) is 6.09. The molecule has 2 aromatic heterocycles. The van der Waals surface area contributed by atoms with Gasteiger partial charge in [0.25, 0.3) is 0 Å². The minimum atomic E-state index is -0.144. The molecule has 0 saturated heterocycles. The van der Waals surface area contributed by atoms with Crippen molar-refractivity contribution in [3.63, 3.8) is 0 Å². The Bertz CT molecular complexity index is 744. The molecule has 2 unspecified atom stereocenters. The monoisotopic (exact) mass is 354 g/mol. The van der Waals surface area contributed by atoms with Gasteiger partial charge in [-0.2, -0.15) is 0 Å². The summed E-state index contributed by atoms with van der Waals surface area (Å²) in [6.45, 7) is 10.1. The van der Waals surface area contributed by atoms with Crippen LogP contribution in [-0.2, 0) is 17.9 Å². The fraction of sp³-hybridized carbons (Fsp3) is 0.667. The Hall–Kier alpha value is -1.91. The van der Waals surface area contributed by atoms with Crippen LogP contribution in [0.3, 0.4) is 0 Å². The van der Waals surface area contributed by atoms with E-state index >= 15 is 0 Å². The summed E-state index contributed by atoms with van der Waals surface area (Å²) in [5, 5.41) is 0. The van der Waals surface area contributed by atoms with Crippen LogP contribution in [0.2, 0.25) is 0 Å². The molecule has 2 aliphatic rings. The maximum Gasteiger partial charge on any atom is 0.150 e. The van der Waals surface area contributed by atoms with Crippen molar-refractivity contribution in [1.82, 2.24) is 19.1 Å². The first-order chi connectivity index (χ1) is 12.6. The minimum Gasteiger partial charge on any atom is -0.331 e. The van der Waals surface area contributed by atoms with Crippen LogP contribution in [0.4, 0.5) is 0 Å². The van der Waals surface area contributed by atoms with Crippen molar-refractivity contribution in [2.24, 2.45) is 0 Å². The number of hydrogen-bond acceptors (Lipinski definition) is 3. The van der Waals surface area contributed by atoms with Crippen molar-refractivity contribution in [2.45, 2.75) is 90.1 Å². The second-order valence-electron chi connectivity index (χ2n) is 7.97. The first kappa shape index (κ1) is 17.5. The molecule has 2 fully saturated rings. The van der Waals surface area contributed by atoms with Gasteiger partial charge >= 0.3 is 0 Å². The minimum absolute atomic E-state index is 0.144. The second-order valence-corrected chi connectivity index (χ2v) is 7.97. The summed E-state index contributed by atoms with van der Waals surface area (Å²) in [4.78, 5) is 22.6. The number of carbonyl (C=O) groups is 1. The number of imidazole rings is 2. The standard InChI is InChI=1S/C21H30N4O/c1-5-24-17(11-22-20(24)15-7-8-15)13(3)19(26)14(4)18-12-23-21(16-9-10-16)25(18)6-2/h11-16H,5-10H2,1-4H3. The summed E-state index contributed by atoms with van der Waals surface area (Å²) in [5.74, 6) is 3.52. The van der Waals surface area contributed by atoms with Gasteiger partial charge in [0.15, 0.2) is 0 Å². The molecule has 0 amide bonds. The van der Waals surface area contributed by atoms with Gasteiger partial charge in [-0.3, -0.25) is 4.79 Å². The van der Waals surface area contributed by atoms with E-state index in [-0.39, 0.29) is 17.6 Å². The Morgan fingerprint density at radius 1 is 0.923 bits per heavy atom. The molecule has 5 heteroatoms. The van der Waals surface area contributed by atoms with Crippen LogP contribution in [0.15, 0.2) is 12.4 Å². The molecule has 4 rings (SSSR count). The second kappa shape index (κ2) is 6.67. The molecule has 140 valence electrons. The highest BCUT2D eigenvalue weighted by Gasteiger charge is 2.34. The van der Waals surface area contributed by atoms with Crippen molar-refractivity contribution in [3.8, 4) is 0 Å². The van der Waals surface area contributed by atoms with Gasteiger partial charge in [-0.05, 0) is 53.4 Å². The van der Waals surface area contributed by atoms with Crippen molar-refractivity contribution in [1.29, 1.82) is 0 Å². The fourth-order valence-electron chi connectivity index (χ4n) is 4.19. The highest BCUT2D eigenvalue weighted by atomic mass is 16.1. The molecule has 0 aliphatic heterocycles. The normalized spacial score (nSPS) is 19.5. The molecule has 26 heavy (non-hydrogen) atoms. The molecule has 2 atom stereocenters. The Kier molecular flexibility index (Phi) is 4.49. The highest BCUT2D eigenvalue weighted by molar-refractivity contribution is 5.90. The Labute approximate surface area is 155 Å². The van der Waals surface area contributed by atoms with Gasteiger partial charge in [0.1, 0.15) is 17.4 Å². The number of ketones is 1. The molecule has 0 radical (unpaired) electrons. The zero-order valence-corrected chi connectivity index (χ0v) is 16.4. The van der Waals surface area contributed by atoms with Crippen LogP contribution < -0.4 is 0 Å². The average molecular weight is 354 g/mol. The molecule has 2 aliphatic carbocycles. The van der Waals surface area contributed by atoms with E-state index in [1.54, 1.807) is 0 Å². The Morgan fingerprint density at radius 2 is 1.31 bits per heavy atom. The summed E-state index contributed by atoms with van der Waals surface area (Å²) in [5.41, 5.74) is 2.13. The van der Waals surface area contributed by atoms with Crippen LogP contribution >= 0.6 is 0 Å². The van der Waals surface area contributed by atoms with Gasteiger partial charge in [0.05, 0.1) is 11.8 Å². The zero-order chi connectivity index (χ0) is 18.4. The molecule has 2 heterocycles. The maximum absolute atomic E-state index is 13.3. The molecular weight excluding hydrogens is 324 g/mol. The lowest BCUT2D eigenvalue weighted by Gasteiger charge is -2.20. The van der Waals surface area contributed by atoms with Crippen LogP contribution in [0, 0.1) is 0 Å². The van der Waals surface area contributed by atoms with Crippen LogP contribution in [0.25, 0.3) is 0 Å². The number of rotatable bonds is 8. The van der Waals surface area contributed by atoms with E-state index in [9.17, 15) is 4.79 Å². The quantitative estimate of drug-likeness (QED) is 0.708. The number of carbonyl (C=O) groups excluding carboxylic acids is 1. The van der Waals surface area contributed by atoms with Crippen molar-refractivity contribution >= 4 is 5.78 Å². The Balaban J connectivity index is 1.59. The fourth-order valence-corrected chi connectivity index (χ4v) is 4.19. The predicted octanol–water partition coefficient (Wildman–Crippen LogP) is 4.35. The van der Waals surface area contributed by atoms with Gasteiger partial charge < -0.3 is 9.13 Å². The van der Waals surface area contributed by atoms with Crippen LogP contribution in [-0.4, -0.2) is 24.9 Å². The molecule has 5 nitrogen and oxygen atoms in total. The van der Waals surface area contributed by atoms with Crippen LogP contribution in [0.5, 0.6) is 0 Å². The predicted molar refractivity (Wildman–Crippen MR) is 102 cm³/mol. The molecule has 0 aromatic carbocycles. The summed E-state index contributed by atoms with van der Waals surface area (Å²) < 4.78 is 4.53. The lowest BCUT2D eigenvalue weighted by atomic mass is 9.91. The molecule has 0 bridgehead atoms. The topological polar surface area (TPSA) is 52.7 Å². The van der Waals surface area contributed by atoms with Crippen molar-refractivity contribution in [3.05, 3.63) is 35.4 Å². The van der Waals surface area contributed by atoms with Gasteiger partial charge in [-0.15, -0.1) is 0 Å². The van der Waals surface area contributed by atoms with E-state index in [2.05, 4.69) is 32.9 Å². The zero-order valence-electron chi connectivity index (χ0n) is 16.4. The number of Topliss-reactive ketones (excluding diaryl/α,β-unsaturated/α-hetero) is 1. The number of aromatic nitrogens is 4. The Morgan fingerprint density at radius 3 is 1.62 bits per heavy atom. The first-order valence-electron chi connectivity index (χ1n) is 10.2. The van der Waals surface area contributed by atoms with Crippen LogP contribution in [0.1, 0.15) is 100 Å². The van der Waals surface area contributed by atoms with E-state index in [0.717, 1.165) is 24.5 Å². The highest BCUT2D eigenvalue weighted by Crippen LogP contribution is 2.42. The van der Waals surface area contributed by atoms with Crippen molar-refractivity contribution in [2.75, 3.05) is 0 Å². The van der Waals surface area contributed by atoms with Gasteiger partial charge in [0, 0.05) is 48.7 Å². The lowest BCUT2D eigenvalue weighted by molar-refractivity contribution is -0.121. The van der Waals surface area contributed by atoms with E-state index < -0.39 is 0 Å². The molecule has 2 saturated carbocycles. The average Bonchev–Trinajstić information content (AvgIpc) is 3.59. The molecule has 2 aromatic rings. The van der Waals surface area contributed by atoms with E-state index in [0.29, 0.717) is 11.8 Å². The third kappa shape index (κ3) is 2.91. The number of hydrogen-bond donors (Lipinski definition) is 0. The lowest BCUT2D eigenvalue weighted by Crippen LogP contribution is -2.22. The summed E-state index contributed by atoms with van der Waals surface area (Å²) in [7, 11) is 0.